The predicted octanol–water partition coefficient (Wildman–Crippen LogP) is 5.57. The Kier molecular flexibility index (Phi) is 7.50. The van der Waals surface area contributed by atoms with Crippen LogP contribution in [0.3, 0.4) is 0 Å². The number of sulfone groups is 1. The Bertz CT molecular complexity index is 1190. The van der Waals surface area contributed by atoms with Crippen LogP contribution in [0.2, 0.25) is 0 Å². The van der Waals surface area contributed by atoms with E-state index in [0.29, 0.717) is 29.2 Å². The number of ether oxygens (including phenoxy) is 1. The zero-order valence-corrected chi connectivity index (χ0v) is 21.5. The molecule has 8 heteroatoms. The normalized spacial score (nSPS) is 18.8. The van der Waals surface area contributed by atoms with Crippen molar-refractivity contribution in [2.24, 2.45) is 0 Å². The first-order chi connectivity index (χ1) is 16.7. The van der Waals surface area contributed by atoms with Crippen LogP contribution in [0.25, 0.3) is 11.1 Å². The van der Waals surface area contributed by atoms with Gasteiger partial charge in [0.05, 0.1) is 28.1 Å². The zero-order chi connectivity index (χ0) is 25.2. The molecule has 1 aliphatic heterocycles. The summed E-state index contributed by atoms with van der Waals surface area (Å²) in [5, 5.41) is 0. The van der Waals surface area contributed by atoms with Gasteiger partial charge in [0, 0.05) is 13.5 Å². The van der Waals surface area contributed by atoms with Gasteiger partial charge in [0.2, 0.25) is 5.91 Å². The second-order valence-electron chi connectivity index (χ2n) is 9.54. The van der Waals surface area contributed by atoms with Gasteiger partial charge in [-0.3, -0.25) is 9.69 Å². The Morgan fingerprint density at radius 2 is 1.63 bits per heavy atom. The highest BCUT2D eigenvalue weighted by Crippen LogP contribution is 2.39. The lowest BCUT2D eigenvalue weighted by molar-refractivity contribution is -0.117. The average molecular weight is 499 g/mol. The number of rotatable bonds is 5. The Hall–Kier alpha value is -2.87. The van der Waals surface area contributed by atoms with Crippen molar-refractivity contribution in [2.75, 3.05) is 22.1 Å². The lowest BCUT2D eigenvalue weighted by Crippen LogP contribution is -2.52. The molecule has 0 radical (unpaired) electrons. The van der Waals surface area contributed by atoms with Crippen molar-refractivity contribution < 1.29 is 22.7 Å². The third-order valence-corrected chi connectivity index (χ3v) is 8.75. The first kappa shape index (κ1) is 25.2. The largest absolute Gasteiger partial charge is 0.446 e. The number of carbonyl (C=O) groups excluding carboxylic acids is 2. The molecule has 188 valence electrons. The van der Waals surface area contributed by atoms with E-state index in [-0.39, 0.29) is 29.9 Å². The number of benzene rings is 2. The quantitative estimate of drug-likeness (QED) is 0.538. The summed E-state index contributed by atoms with van der Waals surface area (Å²) >= 11 is 0. The molecule has 1 heterocycles. The molecule has 1 fully saturated rings. The summed E-state index contributed by atoms with van der Waals surface area (Å²) in [6.07, 6.45) is 5.19. The van der Waals surface area contributed by atoms with Crippen LogP contribution in [0.1, 0.15) is 59.3 Å². The molecule has 35 heavy (non-hydrogen) atoms. The van der Waals surface area contributed by atoms with E-state index in [4.69, 9.17) is 4.74 Å². The summed E-state index contributed by atoms with van der Waals surface area (Å²) in [6.45, 7) is 5.64. The van der Waals surface area contributed by atoms with E-state index in [1.807, 2.05) is 32.0 Å². The highest BCUT2D eigenvalue weighted by atomic mass is 32.2. The third kappa shape index (κ3) is 5.37. The topological polar surface area (TPSA) is 84.0 Å². The van der Waals surface area contributed by atoms with E-state index in [1.54, 1.807) is 34.1 Å². The number of fused-ring (bicyclic) bond motifs is 1. The second kappa shape index (κ2) is 10.4. The molecule has 0 bridgehead atoms. The summed E-state index contributed by atoms with van der Waals surface area (Å²) in [5.74, 6) is 0.0276. The molecule has 1 saturated carbocycles. The average Bonchev–Trinajstić information content (AvgIpc) is 2.83. The van der Waals surface area contributed by atoms with E-state index in [2.05, 4.69) is 0 Å². The number of nitrogens with zero attached hydrogens (tertiary/aromatic N) is 2. The van der Waals surface area contributed by atoms with Crippen LogP contribution in [-0.4, -0.2) is 44.9 Å². The van der Waals surface area contributed by atoms with Crippen LogP contribution in [0.4, 0.5) is 16.2 Å². The van der Waals surface area contributed by atoms with Crippen LogP contribution in [-0.2, 0) is 19.4 Å². The summed E-state index contributed by atoms with van der Waals surface area (Å²) < 4.78 is 30.6. The maximum Gasteiger partial charge on any atom is 0.414 e. The molecular weight excluding hydrogens is 464 g/mol. The first-order valence-electron chi connectivity index (χ1n) is 12.5. The first-order valence-corrected chi connectivity index (χ1v) is 14.1. The summed E-state index contributed by atoms with van der Waals surface area (Å²) in [7, 11) is -3.29. The third-order valence-electron chi connectivity index (χ3n) is 6.81. The number of anilines is 2. The Labute approximate surface area is 208 Å². The molecule has 2 aliphatic rings. The predicted molar refractivity (Wildman–Crippen MR) is 138 cm³/mol. The minimum Gasteiger partial charge on any atom is -0.446 e. The van der Waals surface area contributed by atoms with Crippen LogP contribution in [0, 0.1) is 0 Å². The second-order valence-corrected chi connectivity index (χ2v) is 11.6. The van der Waals surface area contributed by atoms with Gasteiger partial charge in [0.15, 0.2) is 9.84 Å². The van der Waals surface area contributed by atoms with Gasteiger partial charge in [-0.2, -0.15) is 0 Å². The molecule has 2 aromatic rings. The van der Waals surface area contributed by atoms with Gasteiger partial charge in [0.25, 0.3) is 0 Å². The zero-order valence-electron chi connectivity index (χ0n) is 20.7. The summed E-state index contributed by atoms with van der Waals surface area (Å²) in [4.78, 5) is 29.3. The lowest BCUT2D eigenvalue weighted by Gasteiger charge is -2.41. The number of hydrogen-bond acceptors (Lipinski definition) is 5. The molecule has 4 rings (SSSR count). The van der Waals surface area contributed by atoms with Gasteiger partial charge in [-0.15, -0.1) is 0 Å². The standard InChI is InChI=1S/C27H34N2O5S/c1-4-16-35(32,33)24-13-10-21(11-14-24)22-12-15-25-26(17-22)28(18-19(2)29(25)20(3)30)27(31)34-23-8-6-5-7-9-23/h10-15,17,19,23H,4-9,16,18H2,1-3H3/t19-/m0/s1. The molecular formula is C27H34N2O5S. The van der Waals surface area contributed by atoms with E-state index in [1.165, 1.54) is 13.3 Å². The van der Waals surface area contributed by atoms with Gasteiger partial charge in [-0.05, 0) is 74.4 Å². The molecule has 2 aromatic carbocycles. The van der Waals surface area contributed by atoms with Gasteiger partial charge in [0.1, 0.15) is 6.10 Å². The highest BCUT2D eigenvalue weighted by molar-refractivity contribution is 7.91. The van der Waals surface area contributed by atoms with Crippen molar-refractivity contribution in [1.29, 1.82) is 0 Å². The molecule has 0 N–H and O–H groups in total. The van der Waals surface area contributed by atoms with E-state index >= 15 is 0 Å². The number of hydrogen-bond donors (Lipinski definition) is 0. The number of carbonyl (C=O) groups is 2. The lowest BCUT2D eigenvalue weighted by atomic mass is 9.98. The molecule has 7 nitrogen and oxygen atoms in total. The smallest absolute Gasteiger partial charge is 0.414 e. The van der Waals surface area contributed by atoms with Crippen molar-refractivity contribution >= 4 is 33.2 Å². The van der Waals surface area contributed by atoms with Gasteiger partial charge < -0.3 is 9.64 Å². The highest BCUT2D eigenvalue weighted by Gasteiger charge is 2.35. The van der Waals surface area contributed by atoms with Crippen LogP contribution >= 0.6 is 0 Å². The molecule has 2 amide bonds. The van der Waals surface area contributed by atoms with Crippen LogP contribution in [0.15, 0.2) is 47.4 Å². The van der Waals surface area contributed by atoms with Crippen molar-refractivity contribution in [2.45, 2.75) is 76.3 Å². The molecule has 0 aromatic heterocycles. The van der Waals surface area contributed by atoms with Gasteiger partial charge in [-0.1, -0.05) is 31.5 Å². The fourth-order valence-electron chi connectivity index (χ4n) is 5.09. The van der Waals surface area contributed by atoms with Gasteiger partial charge in [-0.25, -0.2) is 13.2 Å². The Morgan fingerprint density at radius 3 is 2.26 bits per heavy atom. The SMILES string of the molecule is CCCS(=O)(=O)c1ccc(-c2ccc3c(c2)N(C(=O)OC2CCCCC2)C[C@H](C)N3C(C)=O)cc1. The fraction of sp³-hybridized carbons (Fsp3) is 0.481. The van der Waals surface area contributed by atoms with Crippen LogP contribution in [0.5, 0.6) is 0 Å². The van der Waals surface area contributed by atoms with E-state index < -0.39 is 9.84 Å². The van der Waals surface area contributed by atoms with E-state index in [9.17, 15) is 18.0 Å². The molecule has 1 atom stereocenters. The van der Waals surface area contributed by atoms with Gasteiger partial charge >= 0.3 is 6.09 Å². The van der Waals surface area contributed by atoms with Crippen molar-refractivity contribution in [3.63, 3.8) is 0 Å². The Balaban J connectivity index is 1.68. The molecule has 1 aliphatic carbocycles. The van der Waals surface area contributed by atoms with Crippen molar-refractivity contribution in [3.05, 3.63) is 42.5 Å². The van der Waals surface area contributed by atoms with Crippen LogP contribution < -0.4 is 9.80 Å². The molecule has 0 saturated heterocycles. The Morgan fingerprint density at radius 1 is 0.971 bits per heavy atom. The van der Waals surface area contributed by atoms with E-state index in [0.717, 1.165) is 36.8 Å². The van der Waals surface area contributed by atoms with Crippen molar-refractivity contribution in [1.82, 2.24) is 0 Å². The monoisotopic (exact) mass is 498 g/mol. The fourth-order valence-corrected chi connectivity index (χ4v) is 6.41. The minimum atomic E-state index is -3.29. The minimum absolute atomic E-state index is 0.0679. The maximum absolute atomic E-state index is 13.2. The maximum atomic E-state index is 13.2. The summed E-state index contributed by atoms with van der Waals surface area (Å²) in [6, 6.07) is 12.3. The number of amides is 2. The molecule has 0 spiro atoms. The summed E-state index contributed by atoms with van der Waals surface area (Å²) in [5.41, 5.74) is 2.95. The van der Waals surface area contributed by atoms with Crippen molar-refractivity contribution in [3.8, 4) is 11.1 Å². The molecule has 0 unspecified atom stereocenters.